The first-order chi connectivity index (χ1) is 13.1. The van der Waals surface area contributed by atoms with Gasteiger partial charge in [-0.15, -0.1) is 0 Å². The first kappa shape index (κ1) is 17.9. The number of Topliss-reactive ketones (excluding diaryl/α,β-unsaturated/α-hetero) is 1. The van der Waals surface area contributed by atoms with Crippen molar-refractivity contribution >= 4 is 5.78 Å². The predicted molar refractivity (Wildman–Crippen MR) is 103 cm³/mol. The first-order valence-electron chi connectivity index (χ1n) is 9.44. The second-order valence-electron chi connectivity index (χ2n) is 7.14. The molecule has 5 nitrogen and oxygen atoms in total. The predicted octanol–water partition coefficient (Wildman–Crippen LogP) is 3.79. The van der Waals surface area contributed by atoms with Gasteiger partial charge in [0.25, 0.3) is 0 Å². The summed E-state index contributed by atoms with van der Waals surface area (Å²) in [5, 5.41) is 0. The van der Waals surface area contributed by atoms with Crippen LogP contribution in [0.2, 0.25) is 0 Å². The van der Waals surface area contributed by atoms with Crippen molar-refractivity contribution in [1.29, 1.82) is 0 Å². The van der Waals surface area contributed by atoms with Crippen LogP contribution in [0.5, 0.6) is 17.2 Å². The number of methoxy groups -OCH3 is 1. The average Bonchev–Trinajstić information content (AvgIpc) is 3.16. The monoisotopic (exact) mass is 367 g/mol. The fraction of sp³-hybridized carbons (Fsp3) is 0.409. The zero-order valence-corrected chi connectivity index (χ0v) is 16.1. The van der Waals surface area contributed by atoms with E-state index in [2.05, 4.69) is 18.9 Å². The van der Waals surface area contributed by atoms with E-state index in [0.717, 1.165) is 36.3 Å². The van der Waals surface area contributed by atoms with Gasteiger partial charge in [0.15, 0.2) is 17.3 Å². The molecular formula is C22H25NO4. The van der Waals surface area contributed by atoms with Crippen LogP contribution in [0, 0.1) is 0 Å². The Hall–Kier alpha value is -2.53. The number of ether oxygens (including phenoxy) is 3. The normalized spacial score (nSPS) is 18.3. The quantitative estimate of drug-likeness (QED) is 0.753. The molecular weight excluding hydrogens is 342 g/mol. The number of likely N-dealkylation sites (N-methyl/N-ethyl adjacent to an activating group) is 1. The van der Waals surface area contributed by atoms with E-state index in [1.807, 2.05) is 30.3 Å². The molecule has 0 N–H and O–H groups in total. The summed E-state index contributed by atoms with van der Waals surface area (Å²) in [6.45, 7) is 3.21. The molecule has 0 aromatic heterocycles. The molecule has 0 radical (unpaired) electrons. The van der Waals surface area contributed by atoms with Gasteiger partial charge in [0.05, 0.1) is 7.11 Å². The number of aryl methyl sites for hydroxylation is 1. The van der Waals surface area contributed by atoms with Crippen molar-refractivity contribution < 1.29 is 19.0 Å². The highest BCUT2D eigenvalue weighted by Crippen LogP contribution is 2.50. The molecule has 0 amide bonds. The Labute approximate surface area is 159 Å². The largest absolute Gasteiger partial charge is 0.492 e. The number of carbonyl (C=O) groups excluding carboxylic acids is 1. The highest BCUT2D eigenvalue weighted by atomic mass is 16.7. The lowest BCUT2D eigenvalue weighted by molar-refractivity contribution is 0.0925. The molecule has 2 aliphatic rings. The van der Waals surface area contributed by atoms with E-state index in [4.69, 9.17) is 14.2 Å². The standard InChI is InChI=1S/C22H25NO4/c1-4-14-5-7-15(8-6-14)18(24)12-17-20-16(9-10-23(17)2)11-19-21(22(20)25-3)27-13-26-19/h5-8,11,17H,4,9-10,12-13H2,1-3H3/t17-/m1/s1. The third-order valence-electron chi connectivity index (χ3n) is 5.61. The number of ketones is 1. The fourth-order valence-electron chi connectivity index (χ4n) is 4.00. The molecule has 2 aromatic carbocycles. The third-order valence-corrected chi connectivity index (χ3v) is 5.61. The molecule has 0 bridgehead atoms. The number of benzene rings is 2. The van der Waals surface area contributed by atoms with Crippen LogP contribution >= 0.6 is 0 Å². The number of carbonyl (C=O) groups is 1. The summed E-state index contributed by atoms with van der Waals surface area (Å²) >= 11 is 0. The zero-order chi connectivity index (χ0) is 19.0. The van der Waals surface area contributed by atoms with Gasteiger partial charge >= 0.3 is 0 Å². The Kier molecular flexibility index (Phi) is 4.79. The highest BCUT2D eigenvalue weighted by Gasteiger charge is 2.35. The molecule has 5 heteroatoms. The summed E-state index contributed by atoms with van der Waals surface area (Å²) in [5.74, 6) is 2.22. The molecule has 0 spiro atoms. The van der Waals surface area contributed by atoms with Crippen LogP contribution in [-0.2, 0) is 12.8 Å². The van der Waals surface area contributed by atoms with Gasteiger partial charge < -0.3 is 14.2 Å². The maximum atomic E-state index is 13.0. The average molecular weight is 367 g/mol. The Morgan fingerprint density at radius 1 is 1.26 bits per heavy atom. The van der Waals surface area contributed by atoms with Crippen molar-refractivity contribution in [1.82, 2.24) is 4.90 Å². The van der Waals surface area contributed by atoms with E-state index in [1.165, 1.54) is 11.1 Å². The van der Waals surface area contributed by atoms with Gasteiger partial charge in [0, 0.05) is 30.1 Å². The van der Waals surface area contributed by atoms with Gasteiger partial charge in [0.1, 0.15) is 0 Å². The SMILES string of the molecule is CCc1ccc(C(=O)C[C@@H]2c3c(cc4c(c3OC)OCO4)CCN2C)cc1. The van der Waals surface area contributed by atoms with Crippen molar-refractivity contribution in [2.75, 3.05) is 27.5 Å². The first-order valence-corrected chi connectivity index (χ1v) is 9.44. The molecule has 0 saturated carbocycles. The third kappa shape index (κ3) is 3.16. The summed E-state index contributed by atoms with van der Waals surface area (Å²) in [7, 11) is 3.71. The van der Waals surface area contributed by atoms with Crippen LogP contribution in [0.25, 0.3) is 0 Å². The Balaban J connectivity index is 1.68. The van der Waals surface area contributed by atoms with Crippen LogP contribution in [-0.4, -0.2) is 38.2 Å². The fourth-order valence-corrected chi connectivity index (χ4v) is 4.00. The van der Waals surface area contributed by atoms with Crippen LogP contribution in [0.3, 0.4) is 0 Å². The van der Waals surface area contributed by atoms with Crippen molar-refractivity contribution in [3.63, 3.8) is 0 Å². The van der Waals surface area contributed by atoms with E-state index < -0.39 is 0 Å². The summed E-state index contributed by atoms with van der Waals surface area (Å²) in [4.78, 5) is 15.2. The minimum absolute atomic E-state index is 0.0449. The number of fused-ring (bicyclic) bond motifs is 2. The van der Waals surface area contributed by atoms with Crippen molar-refractivity contribution in [3.05, 3.63) is 52.6 Å². The lowest BCUT2D eigenvalue weighted by atomic mass is 9.87. The van der Waals surface area contributed by atoms with Crippen molar-refractivity contribution in [2.45, 2.75) is 32.2 Å². The van der Waals surface area contributed by atoms with Gasteiger partial charge in [-0.2, -0.15) is 0 Å². The van der Waals surface area contributed by atoms with E-state index in [1.54, 1.807) is 7.11 Å². The summed E-state index contributed by atoms with van der Waals surface area (Å²) in [6.07, 6.45) is 2.28. The molecule has 2 heterocycles. The van der Waals surface area contributed by atoms with E-state index >= 15 is 0 Å². The topological polar surface area (TPSA) is 48.0 Å². The molecule has 27 heavy (non-hydrogen) atoms. The Morgan fingerprint density at radius 3 is 2.74 bits per heavy atom. The zero-order valence-electron chi connectivity index (χ0n) is 16.1. The molecule has 2 aliphatic heterocycles. The summed E-state index contributed by atoms with van der Waals surface area (Å²) in [6, 6.07) is 9.93. The lowest BCUT2D eigenvalue weighted by Crippen LogP contribution is -2.34. The van der Waals surface area contributed by atoms with Gasteiger partial charge in [0.2, 0.25) is 12.5 Å². The molecule has 2 aromatic rings. The second-order valence-corrected chi connectivity index (χ2v) is 7.14. The van der Waals surface area contributed by atoms with Gasteiger partial charge in [-0.05, 0) is 37.1 Å². The lowest BCUT2D eigenvalue weighted by Gasteiger charge is -2.35. The van der Waals surface area contributed by atoms with Gasteiger partial charge in [-0.25, -0.2) is 0 Å². The van der Waals surface area contributed by atoms with Gasteiger partial charge in [-0.1, -0.05) is 31.2 Å². The van der Waals surface area contributed by atoms with E-state index in [9.17, 15) is 4.79 Å². The minimum atomic E-state index is -0.0449. The molecule has 1 atom stereocenters. The van der Waals surface area contributed by atoms with Crippen molar-refractivity contribution in [2.24, 2.45) is 0 Å². The molecule has 0 saturated heterocycles. The second kappa shape index (κ2) is 7.24. The molecule has 0 fully saturated rings. The maximum absolute atomic E-state index is 13.0. The summed E-state index contributed by atoms with van der Waals surface area (Å²) < 4.78 is 16.9. The summed E-state index contributed by atoms with van der Waals surface area (Å²) in [5.41, 5.74) is 4.22. The smallest absolute Gasteiger partial charge is 0.231 e. The minimum Gasteiger partial charge on any atom is -0.492 e. The Morgan fingerprint density at radius 2 is 2.04 bits per heavy atom. The Bertz CT molecular complexity index is 860. The van der Waals surface area contributed by atoms with Crippen LogP contribution in [0.15, 0.2) is 30.3 Å². The number of hydrogen-bond acceptors (Lipinski definition) is 5. The molecule has 4 rings (SSSR count). The molecule has 0 aliphatic carbocycles. The number of nitrogens with zero attached hydrogens (tertiary/aromatic N) is 1. The van der Waals surface area contributed by atoms with Crippen LogP contribution in [0.1, 0.15) is 46.4 Å². The number of hydrogen-bond donors (Lipinski definition) is 0. The maximum Gasteiger partial charge on any atom is 0.231 e. The highest BCUT2D eigenvalue weighted by molar-refractivity contribution is 5.96. The van der Waals surface area contributed by atoms with Gasteiger partial charge in [-0.3, -0.25) is 9.69 Å². The molecule has 0 unspecified atom stereocenters. The van der Waals surface area contributed by atoms with Crippen LogP contribution < -0.4 is 14.2 Å². The van der Waals surface area contributed by atoms with E-state index in [0.29, 0.717) is 17.9 Å². The number of rotatable bonds is 5. The van der Waals surface area contributed by atoms with Crippen LogP contribution in [0.4, 0.5) is 0 Å². The van der Waals surface area contributed by atoms with Crippen molar-refractivity contribution in [3.8, 4) is 17.2 Å². The molecule has 142 valence electrons. The van der Waals surface area contributed by atoms with E-state index in [-0.39, 0.29) is 18.6 Å².